The Bertz CT molecular complexity index is 391. The van der Waals surface area contributed by atoms with Crippen molar-refractivity contribution in [3.63, 3.8) is 0 Å². The van der Waals surface area contributed by atoms with Crippen LogP contribution >= 0.6 is 47.8 Å². The lowest BCUT2D eigenvalue weighted by molar-refractivity contribution is 0.393. The van der Waals surface area contributed by atoms with Crippen molar-refractivity contribution in [3.05, 3.63) is 31.1 Å². The van der Waals surface area contributed by atoms with Crippen LogP contribution in [0.15, 0.2) is 25.6 Å². The van der Waals surface area contributed by atoms with Crippen LogP contribution in [0.3, 0.4) is 0 Å². The summed E-state index contributed by atoms with van der Waals surface area (Å²) in [6, 6.07) is 4.31. The van der Waals surface area contributed by atoms with Gasteiger partial charge in [-0.2, -0.15) is 0 Å². The number of rotatable bonds is 7. The number of unbranched alkanes of at least 4 members (excludes halogenated alkanes) is 3. The molecule has 0 saturated heterocycles. The molecule has 0 heterocycles. The van der Waals surface area contributed by atoms with Crippen molar-refractivity contribution in [3.8, 4) is 0 Å². The second-order valence-corrected chi connectivity index (χ2v) is 8.09. The first-order valence-electron chi connectivity index (χ1n) is 7.09. The van der Waals surface area contributed by atoms with Gasteiger partial charge in [-0.1, -0.05) is 94.2 Å². The van der Waals surface area contributed by atoms with E-state index in [1.54, 1.807) is 0 Å². The summed E-state index contributed by atoms with van der Waals surface area (Å²) in [4.78, 5) is 0. The lowest BCUT2D eigenvalue weighted by Crippen LogP contribution is -2.22. The van der Waals surface area contributed by atoms with E-state index in [9.17, 15) is 0 Å². The van der Waals surface area contributed by atoms with Crippen LogP contribution in [0.2, 0.25) is 0 Å². The summed E-state index contributed by atoms with van der Waals surface area (Å²) < 4.78 is 3.52. The number of hydrogen-bond acceptors (Lipinski definition) is 0. The minimum atomic E-state index is 0.242. The highest BCUT2D eigenvalue weighted by atomic mass is 79.9. The van der Waals surface area contributed by atoms with Crippen LogP contribution in [0.1, 0.15) is 64.9 Å². The lowest BCUT2D eigenvalue weighted by Gasteiger charge is -2.31. The van der Waals surface area contributed by atoms with Crippen LogP contribution in [0.25, 0.3) is 0 Å². The first kappa shape index (κ1) is 17.7. The van der Waals surface area contributed by atoms with E-state index in [1.165, 1.54) is 46.6 Å². The Kier molecular flexibility index (Phi) is 7.63. The fourth-order valence-electron chi connectivity index (χ4n) is 2.54. The highest BCUT2D eigenvalue weighted by Gasteiger charge is 2.28. The van der Waals surface area contributed by atoms with E-state index in [0.717, 1.165) is 10.9 Å². The van der Waals surface area contributed by atoms with Gasteiger partial charge in [0.15, 0.2) is 0 Å². The van der Waals surface area contributed by atoms with Gasteiger partial charge in [0.2, 0.25) is 0 Å². The van der Waals surface area contributed by atoms with Crippen LogP contribution < -0.4 is 0 Å². The number of halogens is 3. The molecular weight excluding hydrogens is 432 g/mol. The molecule has 0 aliphatic carbocycles. The van der Waals surface area contributed by atoms with Gasteiger partial charge in [0.05, 0.1) is 0 Å². The van der Waals surface area contributed by atoms with Crippen molar-refractivity contribution in [2.75, 3.05) is 0 Å². The average molecular weight is 455 g/mol. The summed E-state index contributed by atoms with van der Waals surface area (Å²) in [5.74, 6) is 0. The highest BCUT2D eigenvalue weighted by Crippen LogP contribution is 2.43. The fraction of sp³-hybridized carbons (Fsp3) is 0.625. The maximum absolute atomic E-state index is 3.74. The van der Waals surface area contributed by atoms with Gasteiger partial charge >= 0.3 is 0 Å². The molecule has 19 heavy (non-hydrogen) atoms. The van der Waals surface area contributed by atoms with Gasteiger partial charge in [0.25, 0.3) is 0 Å². The summed E-state index contributed by atoms with van der Waals surface area (Å²) in [5, 5.41) is 0. The van der Waals surface area contributed by atoms with E-state index >= 15 is 0 Å². The van der Waals surface area contributed by atoms with E-state index in [-0.39, 0.29) is 5.41 Å². The second kappa shape index (κ2) is 8.19. The Morgan fingerprint density at radius 3 is 2.00 bits per heavy atom. The predicted octanol–water partition coefficient (Wildman–Crippen LogP) is 7.61. The van der Waals surface area contributed by atoms with Gasteiger partial charge in [-0.25, -0.2) is 0 Å². The molecule has 0 aliphatic heterocycles. The molecule has 1 unspecified atom stereocenters. The maximum atomic E-state index is 3.74. The van der Waals surface area contributed by atoms with Crippen LogP contribution in [0.5, 0.6) is 0 Å². The third-order valence-corrected chi connectivity index (χ3v) is 5.68. The molecule has 3 heteroatoms. The third kappa shape index (κ3) is 4.86. The molecule has 0 amide bonds. The molecule has 0 radical (unpaired) electrons. The predicted molar refractivity (Wildman–Crippen MR) is 95.9 cm³/mol. The van der Waals surface area contributed by atoms with Gasteiger partial charge in [0.1, 0.15) is 0 Å². The summed E-state index contributed by atoms with van der Waals surface area (Å²) in [6.45, 7) is 6.94. The first-order chi connectivity index (χ1) is 8.94. The van der Waals surface area contributed by atoms with Crippen LogP contribution in [-0.4, -0.2) is 0 Å². The standard InChI is InChI=1S/C16H23Br3/c1-4-6-7-8-9-16(3,5-2)15-13(18)10-12(17)11-14(15)19/h10-11H,4-9H2,1-3H3. The monoisotopic (exact) mass is 452 g/mol. The molecule has 0 aromatic heterocycles. The summed E-state index contributed by atoms with van der Waals surface area (Å²) in [7, 11) is 0. The third-order valence-electron chi connectivity index (χ3n) is 3.97. The van der Waals surface area contributed by atoms with Crippen LogP contribution in [0, 0.1) is 0 Å². The molecule has 1 aromatic carbocycles. The molecule has 1 rings (SSSR count). The van der Waals surface area contributed by atoms with E-state index in [4.69, 9.17) is 0 Å². The zero-order valence-corrected chi connectivity index (χ0v) is 16.8. The molecular formula is C16H23Br3. The molecule has 0 aliphatic rings. The van der Waals surface area contributed by atoms with Crippen molar-refractivity contribution in [2.24, 2.45) is 0 Å². The van der Waals surface area contributed by atoms with Crippen molar-refractivity contribution in [2.45, 2.75) is 64.7 Å². The molecule has 0 bridgehead atoms. The number of hydrogen-bond donors (Lipinski definition) is 0. The number of benzene rings is 1. The Morgan fingerprint density at radius 1 is 0.947 bits per heavy atom. The Morgan fingerprint density at radius 2 is 1.53 bits per heavy atom. The summed E-state index contributed by atoms with van der Waals surface area (Å²) in [6.07, 6.45) is 7.72. The van der Waals surface area contributed by atoms with Gasteiger partial charge in [-0.3, -0.25) is 0 Å². The zero-order chi connectivity index (χ0) is 14.5. The molecule has 108 valence electrons. The largest absolute Gasteiger partial charge is 0.0654 e. The van der Waals surface area contributed by atoms with Gasteiger partial charge < -0.3 is 0 Å². The maximum Gasteiger partial charge on any atom is 0.0235 e. The average Bonchev–Trinajstić information content (AvgIpc) is 2.33. The molecule has 1 aromatic rings. The molecule has 0 N–H and O–H groups in total. The van der Waals surface area contributed by atoms with Gasteiger partial charge in [-0.05, 0) is 36.0 Å². The summed E-state index contributed by atoms with van der Waals surface area (Å²) >= 11 is 11.0. The van der Waals surface area contributed by atoms with Crippen LogP contribution in [-0.2, 0) is 5.41 Å². The molecule has 0 nitrogen and oxygen atoms in total. The Labute approximate surface area is 143 Å². The van der Waals surface area contributed by atoms with E-state index in [1.807, 2.05) is 0 Å². The lowest BCUT2D eigenvalue weighted by atomic mass is 9.76. The summed E-state index contributed by atoms with van der Waals surface area (Å²) in [5.41, 5.74) is 1.65. The SMILES string of the molecule is CCCCCCC(C)(CC)c1c(Br)cc(Br)cc1Br. The minimum Gasteiger partial charge on any atom is -0.0654 e. The molecule has 1 atom stereocenters. The quantitative estimate of drug-likeness (QED) is 0.372. The zero-order valence-electron chi connectivity index (χ0n) is 12.0. The Balaban J connectivity index is 2.95. The topological polar surface area (TPSA) is 0 Å². The molecule has 0 fully saturated rings. The fourth-order valence-corrected chi connectivity index (χ4v) is 5.76. The normalized spacial score (nSPS) is 14.4. The van der Waals surface area contributed by atoms with Crippen molar-refractivity contribution >= 4 is 47.8 Å². The van der Waals surface area contributed by atoms with E-state index in [2.05, 4.69) is 80.7 Å². The van der Waals surface area contributed by atoms with Crippen molar-refractivity contribution < 1.29 is 0 Å². The Hall–Kier alpha value is 0.660. The molecule has 0 saturated carbocycles. The van der Waals surface area contributed by atoms with Gasteiger partial charge in [-0.15, -0.1) is 0 Å². The second-order valence-electron chi connectivity index (χ2n) is 5.47. The van der Waals surface area contributed by atoms with Crippen LogP contribution in [0.4, 0.5) is 0 Å². The van der Waals surface area contributed by atoms with Gasteiger partial charge in [0, 0.05) is 13.4 Å². The van der Waals surface area contributed by atoms with Crippen molar-refractivity contribution in [1.82, 2.24) is 0 Å². The smallest absolute Gasteiger partial charge is 0.0235 e. The highest BCUT2D eigenvalue weighted by molar-refractivity contribution is 9.11. The van der Waals surface area contributed by atoms with E-state index in [0.29, 0.717) is 0 Å². The minimum absolute atomic E-state index is 0.242. The van der Waals surface area contributed by atoms with E-state index < -0.39 is 0 Å². The molecule has 0 spiro atoms. The first-order valence-corrected chi connectivity index (χ1v) is 9.47. The van der Waals surface area contributed by atoms with Crippen molar-refractivity contribution in [1.29, 1.82) is 0 Å².